The van der Waals surface area contributed by atoms with Gasteiger partial charge in [0.05, 0.1) is 19.1 Å². The maximum absolute atomic E-state index is 12.0. The summed E-state index contributed by atoms with van der Waals surface area (Å²) in [6.45, 7) is -0.220. The van der Waals surface area contributed by atoms with Gasteiger partial charge in [-0.15, -0.1) is 0 Å². The van der Waals surface area contributed by atoms with Gasteiger partial charge in [-0.3, -0.25) is 0 Å². The van der Waals surface area contributed by atoms with Gasteiger partial charge in [0, 0.05) is 11.5 Å². The maximum Gasteiger partial charge on any atom is 0.391 e. The van der Waals surface area contributed by atoms with Crippen LogP contribution in [0.25, 0.3) is 0 Å². The second-order valence-electron chi connectivity index (χ2n) is 5.36. The first-order chi connectivity index (χ1) is 7.94. The Kier molecular flexibility index (Phi) is 3.69. The molecule has 0 heterocycles. The molecule has 100 valence electrons. The van der Waals surface area contributed by atoms with Gasteiger partial charge in [0.15, 0.2) is 0 Å². The number of ether oxygens (including phenoxy) is 1. The smallest absolute Gasteiger partial charge is 0.377 e. The molecule has 0 radical (unpaired) electrons. The molecule has 2 rings (SSSR count). The highest BCUT2D eigenvalue weighted by Crippen LogP contribution is 2.52. The van der Waals surface area contributed by atoms with Gasteiger partial charge in [-0.05, 0) is 19.3 Å². The van der Waals surface area contributed by atoms with Crippen molar-refractivity contribution in [2.24, 2.45) is 11.1 Å². The Labute approximate surface area is 99.7 Å². The van der Waals surface area contributed by atoms with Gasteiger partial charge in [0.1, 0.15) is 0 Å². The monoisotopic (exact) mass is 251 g/mol. The van der Waals surface area contributed by atoms with Crippen LogP contribution in [0.4, 0.5) is 13.2 Å². The molecule has 5 heteroatoms. The summed E-state index contributed by atoms with van der Waals surface area (Å²) >= 11 is 0. The number of hydrogen-bond acceptors (Lipinski definition) is 2. The Bertz CT molecular complexity index is 261. The van der Waals surface area contributed by atoms with Crippen molar-refractivity contribution in [3.8, 4) is 0 Å². The lowest BCUT2D eigenvalue weighted by molar-refractivity contribution is -0.180. The fourth-order valence-electron chi connectivity index (χ4n) is 3.23. The van der Waals surface area contributed by atoms with Crippen molar-refractivity contribution in [1.29, 1.82) is 0 Å². The van der Waals surface area contributed by atoms with E-state index in [1.54, 1.807) is 0 Å². The van der Waals surface area contributed by atoms with Crippen LogP contribution in [-0.2, 0) is 4.74 Å². The molecule has 0 aliphatic heterocycles. The third-order valence-electron chi connectivity index (χ3n) is 4.34. The molecule has 2 saturated carbocycles. The topological polar surface area (TPSA) is 35.2 Å². The van der Waals surface area contributed by atoms with Crippen LogP contribution < -0.4 is 5.73 Å². The molecule has 2 atom stereocenters. The zero-order valence-electron chi connectivity index (χ0n) is 9.93. The highest BCUT2D eigenvalue weighted by atomic mass is 19.4. The van der Waals surface area contributed by atoms with Gasteiger partial charge in [-0.25, -0.2) is 0 Å². The Hall–Kier alpha value is -0.290. The summed E-state index contributed by atoms with van der Waals surface area (Å²) in [5.74, 6) is 0. The van der Waals surface area contributed by atoms with E-state index < -0.39 is 12.6 Å². The van der Waals surface area contributed by atoms with Crippen LogP contribution in [0.5, 0.6) is 0 Å². The molecular formula is C12H20F3NO. The van der Waals surface area contributed by atoms with Crippen LogP contribution in [0.3, 0.4) is 0 Å². The molecule has 1 spiro atoms. The zero-order chi connectivity index (χ0) is 12.5. The summed E-state index contributed by atoms with van der Waals surface area (Å²) in [5.41, 5.74) is 6.02. The number of hydrogen-bond donors (Lipinski definition) is 1. The first-order valence-electron chi connectivity index (χ1n) is 6.38. The fourth-order valence-corrected chi connectivity index (χ4v) is 3.23. The van der Waals surface area contributed by atoms with E-state index in [2.05, 4.69) is 0 Å². The molecule has 2 nitrogen and oxygen atoms in total. The van der Waals surface area contributed by atoms with Crippen molar-refractivity contribution >= 4 is 0 Å². The van der Waals surface area contributed by atoms with E-state index in [9.17, 15) is 13.2 Å². The van der Waals surface area contributed by atoms with Gasteiger partial charge in [-0.1, -0.05) is 19.3 Å². The second kappa shape index (κ2) is 4.76. The van der Waals surface area contributed by atoms with Crippen molar-refractivity contribution in [2.45, 2.75) is 63.3 Å². The summed E-state index contributed by atoms with van der Waals surface area (Å²) in [5, 5.41) is 0. The molecular weight excluding hydrogens is 231 g/mol. The summed E-state index contributed by atoms with van der Waals surface area (Å²) in [6.07, 6.45) is 1.22. The van der Waals surface area contributed by atoms with Crippen LogP contribution in [-0.4, -0.2) is 24.9 Å². The molecule has 0 amide bonds. The first-order valence-corrected chi connectivity index (χ1v) is 6.38. The average molecular weight is 251 g/mol. The third-order valence-corrected chi connectivity index (χ3v) is 4.34. The Morgan fingerprint density at radius 3 is 2.35 bits per heavy atom. The van der Waals surface area contributed by atoms with Gasteiger partial charge in [0.25, 0.3) is 0 Å². The standard InChI is InChI=1S/C12H20F3NO/c13-12(14,15)6-7-17-10-8-9(16)11(10)4-2-1-3-5-11/h9-10H,1-8,16H2. The van der Waals surface area contributed by atoms with Crippen LogP contribution in [0.2, 0.25) is 0 Å². The van der Waals surface area contributed by atoms with E-state index in [1.807, 2.05) is 0 Å². The largest absolute Gasteiger partial charge is 0.391 e. The molecule has 2 unspecified atom stereocenters. The average Bonchev–Trinajstić information content (AvgIpc) is 2.28. The lowest BCUT2D eigenvalue weighted by Gasteiger charge is -2.56. The SMILES string of the molecule is NC1CC(OCCC(F)(F)F)C12CCCCC2. The van der Waals surface area contributed by atoms with E-state index in [4.69, 9.17) is 10.5 Å². The van der Waals surface area contributed by atoms with Crippen molar-refractivity contribution in [3.05, 3.63) is 0 Å². The van der Waals surface area contributed by atoms with Crippen molar-refractivity contribution in [2.75, 3.05) is 6.61 Å². The minimum atomic E-state index is -4.12. The van der Waals surface area contributed by atoms with Crippen LogP contribution >= 0.6 is 0 Å². The first kappa shape index (κ1) is 13.1. The Morgan fingerprint density at radius 1 is 1.18 bits per heavy atom. The molecule has 17 heavy (non-hydrogen) atoms. The van der Waals surface area contributed by atoms with E-state index in [1.165, 1.54) is 6.42 Å². The predicted octanol–water partition coefficient (Wildman–Crippen LogP) is 3.01. The summed E-state index contributed by atoms with van der Waals surface area (Å²) in [4.78, 5) is 0. The van der Waals surface area contributed by atoms with Crippen molar-refractivity contribution in [3.63, 3.8) is 0 Å². The van der Waals surface area contributed by atoms with Crippen LogP contribution in [0.15, 0.2) is 0 Å². The molecule has 2 fully saturated rings. The quantitative estimate of drug-likeness (QED) is 0.836. The molecule has 0 aromatic rings. The Morgan fingerprint density at radius 2 is 1.82 bits per heavy atom. The number of rotatable bonds is 3. The lowest BCUT2D eigenvalue weighted by Crippen LogP contribution is -2.63. The molecule has 2 N–H and O–H groups in total. The summed E-state index contributed by atoms with van der Waals surface area (Å²) in [7, 11) is 0. The third kappa shape index (κ3) is 2.76. The normalized spacial score (nSPS) is 32.5. The Balaban J connectivity index is 1.81. The van der Waals surface area contributed by atoms with Crippen LogP contribution in [0, 0.1) is 5.41 Å². The highest BCUT2D eigenvalue weighted by molar-refractivity contribution is 5.07. The minimum absolute atomic E-state index is 0.0101. The van der Waals surface area contributed by atoms with Crippen molar-refractivity contribution in [1.82, 2.24) is 0 Å². The number of alkyl halides is 3. The summed E-state index contributed by atoms with van der Waals surface area (Å²) < 4.78 is 41.5. The zero-order valence-corrected chi connectivity index (χ0v) is 9.93. The van der Waals surface area contributed by atoms with E-state index >= 15 is 0 Å². The number of halogens is 3. The van der Waals surface area contributed by atoms with Gasteiger partial charge in [0.2, 0.25) is 0 Å². The molecule has 0 aromatic heterocycles. The molecule has 2 aliphatic carbocycles. The van der Waals surface area contributed by atoms with Gasteiger partial charge >= 0.3 is 6.18 Å². The fraction of sp³-hybridized carbons (Fsp3) is 1.00. The second-order valence-corrected chi connectivity index (χ2v) is 5.36. The maximum atomic E-state index is 12.0. The predicted molar refractivity (Wildman–Crippen MR) is 58.5 cm³/mol. The van der Waals surface area contributed by atoms with E-state index in [0.29, 0.717) is 0 Å². The van der Waals surface area contributed by atoms with Gasteiger partial charge in [-0.2, -0.15) is 13.2 Å². The summed E-state index contributed by atoms with van der Waals surface area (Å²) in [6, 6.07) is 0.124. The van der Waals surface area contributed by atoms with Crippen LogP contribution in [0.1, 0.15) is 44.9 Å². The highest BCUT2D eigenvalue weighted by Gasteiger charge is 2.54. The molecule has 0 saturated heterocycles. The van der Waals surface area contributed by atoms with E-state index in [0.717, 1.165) is 32.1 Å². The lowest BCUT2D eigenvalue weighted by atomic mass is 9.55. The molecule has 0 aromatic carbocycles. The van der Waals surface area contributed by atoms with Gasteiger partial charge < -0.3 is 10.5 Å². The molecule has 0 bridgehead atoms. The van der Waals surface area contributed by atoms with Crippen molar-refractivity contribution < 1.29 is 17.9 Å². The minimum Gasteiger partial charge on any atom is -0.377 e. The molecule has 2 aliphatic rings. The number of nitrogens with two attached hydrogens (primary N) is 1. The van der Waals surface area contributed by atoms with E-state index in [-0.39, 0.29) is 24.2 Å².